The van der Waals surface area contributed by atoms with Crippen molar-refractivity contribution in [3.63, 3.8) is 0 Å². The van der Waals surface area contributed by atoms with Crippen LogP contribution in [0.15, 0.2) is 18.2 Å². The normalized spacial score (nSPS) is 9.64. The van der Waals surface area contributed by atoms with Crippen LogP contribution in [0.5, 0.6) is 0 Å². The summed E-state index contributed by atoms with van der Waals surface area (Å²) in [6.07, 6.45) is 0. The van der Waals surface area contributed by atoms with Crippen LogP contribution < -0.4 is 0 Å². The third-order valence-electron chi connectivity index (χ3n) is 1.40. The smallest absolute Gasteiger partial charge is 0.351 e. The Morgan fingerprint density at radius 1 is 1.21 bits per heavy atom. The van der Waals surface area contributed by atoms with Gasteiger partial charge in [0, 0.05) is 6.92 Å². The summed E-state index contributed by atoms with van der Waals surface area (Å²) in [5.41, 5.74) is -0.859. The number of halogens is 2. The van der Waals surface area contributed by atoms with E-state index in [1.54, 1.807) is 0 Å². The predicted octanol–water partition coefficient (Wildman–Crippen LogP) is 1.67. The molecule has 0 aliphatic carbocycles. The van der Waals surface area contributed by atoms with Gasteiger partial charge in [0.05, 0.1) is 0 Å². The standard InChI is InChI=1S/C9H6F2O3/c1-5(12)14-9(13)8-6(10)3-2-4-7(8)11/h2-4H,1H3. The maximum Gasteiger partial charge on any atom is 0.351 e. The summed E-state index contributed by atoms with van der Waals surface area (Å²) in [6, 6.07) is 2.91. The maximum absolute atomic E-state index is 12.9. The molecule has 0 bridgehead atoms. The van der Waals surface area contributed by atoms with Crippen LogP contribution in [0.3, 0.4) is 0 Å². The molecule has 0 heterocycles. The molecule has 74 valence electrons. The van der Waals surface area contributed by atoms with Crippen LogP contribution in [0.2, 0.25) is 0 Å². The summed E-state index contributed by atoms with van der Waals surface area (Å²) in [5.74, 6) is -4.36. The first-order valence-corrected chi connectivity index (χ1v) is 3.69. The Labute approximate surface area is 78.3 Å². The predicted molar refractivity (Wildman–Crippen MR) is 42.5 cm³/mol. The van der Waals surface area contributed by atoms with Crippen LogP contribution in [-0.2, 0) is 9.53 Å². The van der Waals surface area contributed by atoms with Gasteiger partial charge in [-0.15, -0.1) is 0 Å². The second-order valence-corrected chi connectivity index (χ2v) is 2.48. The van der Waals surface area contributed by atoms with Crippen molar-refractivity contribution in [1.82, 2.24) is 0 Å². The number of hydrogen-bond donors (Lipinski definition) is 0. The number of carbonyl (C=O) groups excluding carboxylic acids is 2. The number of benzene rings is 1. The van der Waals surface area contributed by atoms with Gasteiger partial charge < -0.3 is 4.74 Å². The Balaban J connectivity index is 3.06. The third kappa shape index (κ3) is 2.12. The van der Waals surface area contributed by atoms with E-state index in [-0.39, 0.29) is 0 Å². The Bertz CT molecular complexity index is 367. The molecule has 1 aromatic carbocycles. The summed E-state index contributed by atoms with van der Waals surface area (Å²) >= 11 is 0. The van der Waals surface area contributed by atoms with Crippen molar-refractivity contribution >= 4 is 11.9 Å². The Hall–Kier alpha value is -1.78. The molecule has 0 aliphatic heterocycles. The molecular weight excluding hydrogens is 194 g/mol. The van der Waals surface area contributed by atoms with Gasteiger partial charge in [-0.05, 0) is 12.1 Å². The molecule has 1 rings (SSSR count). The highest BCUT2D eigenvalue weighted by Gasteiger charge is 2.19. The van der Waals surface area contributed by atoms with Gasteiger partial charge in [-0.1, -0.05) is 6.07 Å². The summed E-state index contributed by atoms with van der Waals surface area (Å²) in [5, 5.41) is 0. The molecule has 1 aromatic rings. The van der Waals surface area contributed by atoms with Crippen LogP contribution in [0.25, 0.3) is 0 Å². The minimum atomic E-state index is -1.33. The van der Waals surface area contributed by atoms with Crippen LogP contribution in [0.4, 0.5) is 8.78 Å². The maximum atomic E-state index is 12.9. The van der Waals surface area contributed by atoms with Crippen molar-refractivity contribution < 1.29 is 23.1 Å². The molecule has 0 saturated carbocycles. The molecule has 0 saturated heterocycles. The highest BCUT2D eigenvalue weighted by atomic mass is 19.1. The second kappa shape index (κ2) is 3.95. The van der Waals surface area contributed by atoms with Gasteiger partial charge in [0.2, 0.25) is 0 Å². The van der Waals surface area contributed by atoms with Crippen LogP contribution >= 0.6 is 0 Å². The number of carbonyl (C=O) groups is 2. The minimum Gasteiger partial charge on any atom is -0.389 e. The monoisotopic (exact) mass is 200 g/mol. The van der Waals surface area contributed by atoms with E-state index in [9.17, 15) is 18.4 Å². The van der Waals surface area contributed by atoms with Gasteiger partial charge in [0.25, 0.3) is 0 Å². The number of esters is 2. The molecule has 0 spiro atoms. The lowest BCUT2D eigenvalue weighted by atomic mass is 10.2. The Morgan fingerprint density at radius 2 is 1.71 bits per heavy atom. The van der Waals surface area contributed by atoms with Crippen LogP contribution in [0.1, 0.15) is 17.3 Å². The van der Waals surface area contributed by atoms with E-state index in [4.69, 9.17) is 0 Å². The van der Waals surface area contributed by atoms with E-state index < -0.39 is 29.1 Å². The number of ether oxygens (including phenoxy) is 1. The zero-order valence-corrected chi connectivity index (χ0v) is 7.21. The van der Waals surface area contributed by atoms with Crippen molar-refractivity contribution in [2.24, 2.45) is 0 Å². The first kappa shape index (κ1) is 10.3. The first-order chi connectivity index (χ1) is 6.52. The third-order valence-corrected chi connectivity index (χ3v) is 1.40. The Kier molecular flexibility index (Phi) is 2.91. The van der Waals surface area contributed by atoms with Crippen LogP contribution in [-0.4, -0.2) is 11.9 Å². The fourth-order valence-corrected chi connectivity index (χ4v) is 0.874. The van der Waals surface area contributed by atoms with Gasteiger partial charge in [0.15, 0.2) is 0 Å². The van der Waals surface area contributed by atoms with E-state index in [2.05, 4.69) is 4.74 Å². The molecule has 5 heteroatoms. The quantitative estimate of drug-likeness (QED) is 0.511. The SMILES string of the molecule is CC(=O)OC(=O)c1c(F)cccc1F. The summed E-state index contributed by atoms with van der Waals surface area (Å²) in [6.45, 7) is 0.969. The lowest BCUT2D eigenvalue weighted by molar-refractivity contribution is -0.135. The topological polar surface area (TPSA) is 43.4 Å². The van der Waals surface area contributed by atoms with E-state index in [1.807, 2.05) is 0 Å². The molecule has 0 amide bonds. The molecule has 0 unspecified atom stereocenters. The largest absolute Gasteiger partial charge is 0.389 e. The van der Waals surface area contributed by atoms with Gasteiger partial charge >= 0.3 is 11.9 Å². The summed E-state index contributed by atoms with van der Waals surface area (Å²) < 4.78 is 29.8. The minimum absolute atomic E-state index is 0.859. The fraction of sp³-hybridized carbons (Fsp3) is 0.111. The molecule has 0 aliphatic rings. The van der Waals surface area contributed by atoms with Crippen molar-refractivity contribution in [3.8, 4) is 0 Å². The van der Waals surface area contributed by atoms with Crippen molar-refractivity contribution in [2.75, 3.05) is 0 Å². The van der Waals surface area contributed by atoms with E-state index in [0.717, 1.165) is 25.1 Å². The van der Waals surface area contributed by atoms with E-state index in [1.165, 1.54) is 0 Å². The number of rotatable bonds is 1. The van der Waals surface area contributed by atoms with E-state index >= 15 is 0 Å². The van der Waals surface area contributed by atoms with Crippen LogP contribution in [0, 0.1) is 11.6 Å². The molecule has 3 nitrogen and oxygen atoms in total. The lowest BCUT2D eigenvalue weighted by Gasteiger charge is -2.02. The second-order valence-electron chi connectivity index (χ2n) is 2.48. The highest BCUT2D eigenvalue weighted by Crippen LogP contribution is 2.13. The molecule has 0 atom stereocenters. The lowest BCUT2D eigenvalue weighted by Crippen LogP contribution is -2.13. The molecule has 0 aromatic heterocycles. The fourth-order valence-electron chi connectivity index (χ4n) is 0.874. The first-order valence-electron chi connectivity index (χ1n) is 3.69. The molecule has 0 fully saturated rings. The average Bonchev–Trinajstić information content (AvgIpc) is 2.01. The molecule has 14 heavy (non-hydrogen) atoms. The number of hydrogen-bond acceptors (Lipinski definition) is 3. The van der Waals surface area contributed by atoms with Gasteiger partial charge in [-0.25, -0.2) is 13.6 Å². The van der Waals surface area contributed by atoms with Gasteiger partial charge in [-0.3, -0.25) is 4.79 Å². The average molecular weight is 200 g/mol. The summed E-state index contributed by atoms with van der Waals surface area (Å²) in [4.78, 5) is 21.3. The van der Waals surface area contributed by atoms with Crippen molar-refractivity contribution in [1.29, 1.82) is 0 Å². The molecule has 0 N–H and O–H groups in total. The Morgan fingerprint density at radius 3 is 2.14 bits per heavy atom. The molecule has 0 radical (unpaired) electrons. The summed E-state index contributed by atoms with van der Waals surface area (Å²) in [7, 11) is 0. The van der Waals surface area contributed by atoms with Gasteiger partial charge in [-0.2, -0.15) is 0 Å². The van der Waals surface area contributed by atoms with Crippen molar-refractivity contribution in [2.45, 2.75) is 6.92 Å². The molecular formula is C9H6F2O3. The van der Waals surface area contributed by atoms with Crippen molar-refractivity contribution in [3.05, 3.63) is 35.4 Å². The van der Waals surface area contributed by atoms with Gasteiger partial charge in [0.1, 0.15) is 17.2 Å². The highest BCUT2D eigenvalue weighted by molar-refractivity contribution is 5.96. The zero-order valence-electron chi connectivity index (χ0n) is 7.21. The zero-order chi connectivity index (χ0) is 10.7. The van der Waals surface area contributed by atoms with E-state index in [0.29, 0.717) is 0 Å².